The molecule has 0 spiro atoms. The third kappa shape index (κ3) is 6.19. The monoisotopic (exact) mass is 426 g/mol. The Morgan fingerprint density at radius 3 is 2.70 bits per heavy atom. The van der Waals surface area contributed by atoms with Crippen molar-refractivity contribution < 1.29 is 4.79 Å². The Kier molecular flexibility index (Phi) is 8.50. The van der Waals surface area contributed by atoms with Gasteiger partial charge in [0, 0.05) is 25.3 Å². The van der Waals surface area contributed by atoms with Gasteiger partial charge in [-0.25, -0.2) is 14.6 Å². The van der Waals surface area contributed by atoms with Crippen LogP contribution in [0.4, 0.5) is 5.82 Å². The van der Waals surface area contributed by atoms with Crippen LogP contribution in [0.3, 0.4) is 0 Å². The van der Waals surface area contributed by atoms with Crippen molar-refractivity contribution in [3.05, 3.63) is 42.1 Å². The lowest BCUT2D eigenvalue weighted by atomic mass is 10.1. The van der Waals surface area contributed by atoms with Crippen LogP contribution in [0.1, 0.15) is 38.7 Å². The van der Waals surface area contributed by atoms with Gasteiger partial charge in [0.2, 0.25) is 5.91 Å². The molecule has 2 aromatic heterocycles. The fourth-order valence-electron chi connectivity index (χ4n) is 3.03. The van der Waals surface area contributed by atoms with Gasteiger partial charge in [0.25, 0.3) is 0 Å². The van der Waals surface area contributed by atoms with E-state index in [1.165, 1.54) is 5.56 Å². The molecule has 2 heterocycles. The van der Waals surface area contributed by atoms with Crippen LogP contribution in [-0.2, 0) is 17.8 Å². The zero-order valence-corrected chi connectivity index (χ0v) is 18.5. The summed E-state index contributed by atoms with van der Waals surface area (Å²) in [6.45, 7) is 6.22. The van der Waals surface area contributed by atoms with E-state index in [9.17, 15) is 4.79 Å². The first-order valence-electron chi connectivity index (χ1n) is 10.6. The third-order valence-electron chi connectivity index (χ3n) is 4.58. The van der Waals surface area contributed by atoms with E-state index in [0.717, 1.165) is 53.6 Å². The van der Waals surface area contributed by atoms with Crippen molar-refractivity contribution >= 4 is 34.5 Å². The normalized spacial score (nSPS) is 11.0. The molecule has 160 valence electrons. The second-order valence-corrected chi connectivity index (χ2v) is 8.13. The fourth-order valence-corrected chi connectivity index (χ4v) is 3.72. The Balaban J connectivity index is 1.61. The highest BCUT2D eigenvalue weighted by molar-refractivity contribution is 7.99. The molecule has 30 heavy (non-hydrogen) atoms. The maximum absolute atomic E-state index is 12.2. The van der Waals surface area contributed by atoms with Crippen LogP contribution >= 0.6 is 11.8 Å². The number of nitrogens with zero attached hydrogens (tertiary/aromatic N) is 4. The highest BCUT2D eigenvalue weighted by Crippen LogP contribution is 2.24. The van der Waals surface area contributed by atoms with E-state index in [0.29, 0.717) is 19.5 Å². The van der Waals surface area contributed by atoms with Gasteiger partial charge in [-0.1, -0.05) is 55.9 Å². The standard InChI is InChI=1S/C22H30N6OS/c1-3-12-24-20-18-16-25-28(21(18)27-22(26-20)30-15-4-2)14-13-23-19(29)11-10-17-8-6-5-7-9-17/h5-9,16H,3-4,10-15H2,1-2H3,(H,23,29)(H,24,26,27). The summed E-state index contributed by atoms with van der Waals surface area (Å²) in [7, 11) is 0. The quantitative estimate of drug-likeness (QED) is 0.337. The van der Waals surface area contributed by atoms with Crippen molar-refractivity contribution in [3.63, 3.8) is 0 Å². The van der Waals surface area contributed by atoms with Crippen molar-refractivity contribution in [1.29, 1.82) is 0 Å². The first kappa shape index (κ1) is 22.1. The van der Waals surface area contributed by atoms with Gasteiger partial charge in [-0.2, -0.15) is 5.10 Å². The van der Waals surface area contributed by atoms with E-state index in [2.05, 4.69) is 34.6 Å². The molecule has 3 rings (SSSR count). The molecule has 1 amide bonds. The van der Waals surface area contributed by atoms with Gasteiger partial charge < -0.3 is 10.6 Å². The Hall–Kier alpha value is -2.61. The number of hydrogen-bond donors (Lipinski definition) is 2. The minimum absolute atomic E-state index is 0.0504. The molecule has 7 nitrogen and oxygen atoms in total. The summed E-state index contributed by atoms with van der Waals surface area (Å²) in [5.74, 6) is 1.86. The van der Waals surface area contributed by atoms with Gasteiger partial charge in [0.15, 0.2) is 10.8 Å². The van der Waals surface area contributed by atoms with E-state index in [1.54, 1.807) is 18.0 Å². The van der Waals surface area contributed by atoms with Crippen LogP contribution in [-0.4, -0.2) is 44.5 Å². The number of hydrogen-bond acceptors (Lipinski definition) is 6. The Morgan fingerprint density at radius 2 is 1.93 bits per heavy atom. The number of carbonyl (C=O) groups is 1. The second-order valence-electron chi connectivity index (χ2n) is 7.07. The van der Waals surface area contributed by atoms with Crippen LogP contribution in [0, 0.1) is 0 Å². The largest absolute Gasteiger partial charge is 0.369 e. The number of rotatable bonds is 12. The van der Waals surface area contributed by atoms with E-state index < -0.39 is 0 Å². The maximum atomic E-state index is 12.2. The summed E-state index contributed by atoms with van der Waals surface area (Å²) in [5, 5.41) is 12.5. The predicted octanol–water partition coefficient (Wildman–Crippen LogP) is 3.90. The molecule has 0 aliphatic carbocycles. The van der Waals surface area contributed by atoms with Gasteiger partial charge in [-0.05, 0) is 24.8 Å². The van der Waals surface area contributed by atoms with E-state index in [1.807, 2.05) is 35.0 Å². The number of fused-ring (bicyclic) bond motifs is 1. The predicted molar refractivity (Wildman–Crippen MR) is 123 cm³/mol. The van der Waals surface area contributed by atoms with Crippen LogP contribution in [0.15, 0.2) is 41.7 Å². The van der Waals surface area contributed by atoms with E-state index >= 15 is 0 Å². The molecule has 0 radical (unpaired) electrons. The molecular weight excluding hydrogens is 396 g/mol. The summed E-state index contributed by atoms with van der Waals surface area (Å²) in [4.78, 5) is 21.6. The number of carbonyl (C=O) groups excluding carboxylic acids is 1. The molecule has 0 aliphatic heterocycles. The number of anilines is 1. The molecule has 0 saturated heterocycles. The average Bonchev–Trinajstić information content (AvgIpc) is 3.18. The molecule has 2 N–H and O–H groups in total. The molecule has 0 unspecified atom stereocenters. The number of thioether (sulfide) groups is 1. The lowest BCUT2D eigenvalue weighted by Crippen LogP contribution is -2.27. The van der Waals surface area contributed by atoms with Gasteiger partial charge in [-0.15, -0.1) is 0 Å². The minimum Gasteiger partial charge on any atom is -0.369 e. The van der Waals surface area contributed by atoms with E-state index in [-0.39, 0.29) is 5.91 Å². The highest BCUT2D eigenvalue weighted by Gasteiger charge is 2.13. The van der Waals surface area contributed by atoms with Crippen LogP contribution in [0.5, 0.6) is 0 Å². The lowest BCUT2D eigenvalue weighted by molar-refractivity contribution is -0.121. The third-order valence-corrected chi connectivity index (χ3v) is 5.64. The fraction of sp³-hybridized carbons (Fsp3) is 0.455. The maximum Gasteiger partial charge on any atom is 0.220 e. The molecular formula is C22H30N6OS. The van der Waals surface area contributed by atoms with Crippen molar-refractivity contribution in [2.75, 3.05) is 24.2 Å². The van der Waals surface area contributed by atoms with Crippen molar-refractivity contribution in [2.24, 2.45) is 0 Å². The van der Waals surface area contributed by atoms with Crippen LogP contribution < -0.4 is 10.6 Å². The SMILES string of the molecule is CCCNc1nc(SCCC)nc2c1cnn2CCNC(=O)CCc1ccccc1. The van der Waals surface area contributed by atoms with Crippen molar-refractivity contribution in [2.45, 2.75) is 51.2 Å². The Bertz CT molecular complexity index is 943. The molecule has 8 heteroatoms. The number of nitrogens with one attached hydrogen (secondary N) is 2. The first-order valence-corrected chi connectivity index (χ1v) is 11.6. The van der Waals surface area contributed by atoms with Crippen LogP contribution in [0.25, 0.3) is 11.0 Å². The Labute approximate surface area is 182 Å². The van der Waals surface area contributed by atoms with Crippen molar-refractivity contribution in [1.82, 2.24) is 25.1 Å². The number of aryl methyl sites for hydroxylation is 1. The molecule has 0 fully saturated rings. The molecule has 1 aromatic carbocycles. The number of amides is 1. The smallest absolute Gasteiger partial charge is 0.220 e. The summed E-state index contributed by atoms with van der Waals surface area (Å²) in [6, 6.07) is 10.1. The first-order chi connectivity index (χ1) is 14.7. The average molecular weight is 427 g/mol. The molecule has 3 aromatic rings. The zero-order valence-electron chi connectivity index (χ0n) is 17.7. The summed E-state index contributed by atoms with van der Waals surface area (Å²) in [6.07, 6.45) is 5.12. The minimum atomic E-state index is 0.0504. The Morgan fingerprint density at radius 1 is 1.10 bits per heavy atom. The molecule has 0 saturated carbocycles. The molecule has 0 atom stereocenters. The van der Waals surface area contributed by atoms with Gasteiger partial charge >= 0.3 is 0 Å². The second kappa shape index (κ2) is 11.5. The summed E-state index contributed by atoms with van der Waals surface area (Å²) in [5.41, 5.74) is 1.98. The van der Waals surface area contributed by atoms with Crippen LogP contribution in [0.2, 0.25) is 0 Å². The van der Waals surface area contributed by atoms with E-state index in [4.69, 9.17) is 4.98 Å². The number of aromatic nitrogens is 4. The number of benzene rings is 1. The summed E-state index contributed by atoms with van der Waals surface area (Å²) >= 11 is 1.66. The highest BCUT2D eigenvalue weighted by atomic mass is 32.2. The van der Waals surface area contributed by atoms with Gasteiger partial charge in [0.1, 0.15) is 5.82 Å². The molecule has 0 bridgehead atoms. The lowest BCUT2D eigenvalue weighted by Gasteiger charge is -2.09. The molecule has 0 aliphatic rings. The summed E-state index contributed by atoms with van der Waals surface area (Å²) < 4.78 is 1.85. The topological polar surface area (TPSA) is 84.7 Å². The zero-order chi connectivity index (χ0) is 21.2. The van der Waals surface area contributed by atoms with Gasteiger partial charge in [-0.3, -0.25) is 4.79 Å². The van der Waals surface area contributed by atoms with Crippen molar-refractivity contribution in [3.8, 4) is 0 Å². The van der Waals surface area contributed by atoms with Gasteiger partial charge in [0.05, 0.1) is 18.1 Å².